The molecule has 0 aromatic carbocycles. The summed E-state index contributed by atoms with van der Waals surface area (Å²) in [4.78, 5) is 36.3. The fourth-order valence-corrected chi connectivity index (χ4v) is 10.4. The van der Waals surface area contributed by atoms with E-state index in [-0.39, 0.29) is 48.0 Å². The van der Waals surface area contributed by atoms with Crippen molar-refractivity contribution in [2.45, 2.75) is 132 Å². The first-order valence-electron chi connectivity index (χ1n) is 18.1. The van der Waals surface area contributed by atoms with Crippen molar-refractivity contribution in [3.05, 3.63) is 30.5 Å². The number of amides is 1. The van der Waals surface area contributed by atoms with E-state index in [1.165, 1.54) is 32.1 Å². The summed E-state index contributed by atoms with van der Waals surface area (Å²) in [6, 6.07) is -0.232. The number of likely N-dealkylation sites (tertiary alicyclic amines) is 1. The summed E-state index contributed by atoms with van der Waals surface area (Å²) in [6.07, 6.45) is 16.7. The molecule has 252 valence electrons. The molecule has 2 N–H and O–H groups in total. The largest absolute Gasteiger partial charge is 0.374 e. The molecule has 3 aliphatic carbocycles. The lowest BCUT2D eigenvalue weighted by Gasteiger charge is -2.60. The van der Waals surface area contributed by atoms with Crippen LogP contribution in [0.4, 0.5) is 4.39 Å². The highest BCUT2D eigenvalue weighted by atomic mass is 19.1. The Morgan fingerprint density at radius 2 is 1.93 bits per heavy atom. The van der Waals surface area contributed by atoms with Gasteiger partial charge < -0.3 is 34.5 Å². The molecule has 5 heterocycles. The van der Waals surface area contributed by atoms with E-state index in [0.29, 0.717) is 30.5 Å². The highest BCUT2D eigenvalue weighted by Crippen LogP contribution is 2.52. The Kier molecular flexibility index (Phi) is 8.70. The Morgan fingerprint density at radius 1 is 1.04 bits per heavy atom. The van der Waals surface area contributed by atoms with Crippen LogP contribution in [-0.4, -0.2) is 112 Å². The molecule has 11 heteroatoms. The van der Waals surface area contributed by atoms with E-state index in [1.807, 2.05) is 17.0 Å². The number of carbonyl (C=O) groups excluding carboxylic acids is 2. The van der Waals surface area contributed by atoms with Gasteiger partial charge in [0.25, 0.3) is 5.91 Å². The number of ether oxygens (including phenoxy) is 2. The molecule has 0 bridgehead atoms. The van der Waals surface area contributed by atoms with E-state index in [0.717, 1.165) is 51.7 Å². The van der Waals surface area contributed by atoms with Crippen molar-refractivity contribution in [1.29, 1.82) is 0 Å². The molecule has 46 heavy (non-hydrogen) atoms. The van der Waals surface area contributed by atoms with Gasteiger partial charge in [0.05, 0.1) is 54.4 Å². The number of hydrogen-bond acceptors (Lipinski definition) is 8. The van der Waals surface area contributed by atoms with E-state index in [9.17, 15) is 9.59 Å². The van der Waals surface area contributed by atoms with E-state index < -0.39 is 24.2 Å². The van der Waals surface area contributed by atoms with Gasteiger partial charge in [-0.1, -0.05) is 12.8 Å². The Morgan fingerprint density at radius 3 is 2.76 bits per heavy atom. The van der Waals surface area contributed by atoms with Gasteiger partial charge in [0, 0.05) is 43.6 Å². The first-order valence-corrected chi connectivity index (χ1v) is 18.1. The Bertz CT molecular complexity index is 1290. The number of hydrogen-bond donors (Lipinski definition) is 2. The molecular weight excluding hydrogens is 587 g/mol. The number of rotatable bonds is 9. The summed E-state index contributed by atoms with van der Waals surface area (Å²) >= 11 is 0. The van der Waals surface area contributed by atoms with Crippen LogP contribution in [0.2, 0.25) is 0 Å². The van der Waals surface area contributed by atoms with Gasteiger partial charge in [-0.15, -0.1) is 0 Å². The number of imidazole rings is 1. The second-order valence-corrected chi connectivity index (χ2v) is 15.2. The molecule has 4 aliphatic heterocycles. The molecule has 3 saturated carbocycles. The van der Waals surface area contributed by atoms with Crippen LogP contribution >= 0.6 is 0 Å². The molecule has 10 nitrogen and oxygen atoms in total. The van der Waals surface area contributed by atoms with Crippen molar-refractivity contribution in [1.82, 2.24) is 30.0 Å². The van der Waals surface area contributed by atoms with Gasteiger partial charge >= 0.3 is 0 Å². The third-order valence-corrected chi connectivity index (χ3v) is 12.7. The predicted molar refractivity (Wildman–Crippen MR) is 169 cm³/mol. The molecule has 0 spiro atoms. The molecule has 1 aromatic heterocycles. The third kappa shape index (κ3) is 5.62. The number of fused-ring (bicyclic) bond motifs is 5. The first-order chi connectivity index (χ1) is 22.5. The Labute approximate surface area is 271 Å². The topological polar surface area (TPSA) is 101 Å². The molecule has 1 amide bonds. The number of alkyl halides is 1. The molecule has 0 radical (unpaired) electrons. The number of ketones is 1. The van der Waals surface area contributed by atoms with Crippen LogP contribution in [0.15, 0.2) is 30.5 Å². The summed E-state index contributed by atoms with van der Waals surface area (Å²) in [5.41, 5.74) is 0.161. The van der Waals surface area contributed by atoms with E-state index in [1.54, 1.807) is 12.5 Å². The predicted octanol–water partition coefficient (Wildman–Crippen LogP) is 2.83. The average Bonchev–Trinajstić information content (AvgIpc) is 3.81. The van der Waals surface area contributed by atoms with Gasteiger partial charge in [-0.25, -0.2) is 9.37 Å². The number of nitrogens with zero attached hydrogens (tertiary/aromatic N) is 4. The maximum Gasteiger partial charge on any atom is 0.256 e. The van der Waals surface area contributed by atoms with Gasteiger partial charge in [-0.2, -0.15) is 0 Å². The summed E-state index contributed by atoms with van der Waals surface area (Å²) < 4.78 is 31.9. The monoisotopic (exact) mass is 638 g/mol. The zero-order valence-electron chi connectivity index (χ0n) is 27.1. The second-order valence-electron chi connectivity index (χ2n) is 15.2. The third-order valence-electron chi connectivity index (χ3n) is 12.7. The SMILES string of the molecule is CN1CCCC1CCNC1C(F)CC2C(=O)C(C(=O)NCCCn3ccnc3)=CN3C4CC5OC6CCCCC6C5CC4OC1C23. The number of halogens is 1. The van der Waals surface area contributed by atoms with Crippen molar-refractivity contribution in [2.75, 3.05) is 26.7 Å². The zero-order valence-corrected chi connectivity index (χ0v) is 27.1. The van der Waals surface area contributed by atoms with E-state index >= 15 is 4.39 Å². The molecule has 12 atom stereocenters. The van der Waals surface area contributed by atoms with Gasteiger partial charge in [-0.3, -0.25) is 9.59 Å². The number of aryl methyl sites for hydroxylation is 1. The van der Waals surface area contributed by atoms with Gasteiger partial charge in [-0.05, 0) is 89.8 Å². The smallest absolute Gasteiger partial charge is 0.256 e. The molecule has 6 fully saturated rings. The van der Waals surface area contributed by atoms with Crippen LogP contribution < -0.4 is 10.6 Å². The highest BCUT2D eigenvalue weighted by molar-refractivity contribution is 6.20. The fraction of sp³-hybridized carbons (Fsp3) is 0.800. The molecular formula is C35H51FN6O4. The van der Waals surface area contributed by atoms with Crippen LogP contribution in [0, 0.1) is 17.8 Å². The number of Topliss-reactive ketones (excluding diaryl/α,β-unsaturated/α-hetero) is 1. The van der Waals surface area contributed by atoms with Gasteiger partial charge in [0.1, 0.15) is 6.17 Å². The van der Waals surface area contributed by atoms with Crippen molar-refractivity contribution < 1.29 is 23.5 Å². The van der Waals surface area contributed by atoms with Crippen molar-refractivity contribution >= 4 is 11.7 Å². The van der Waals surface area contributed by atoms with E-state index in [2.05, 4.69) is 32.5 Å². The quantitative estimate of drug-likeness (QED) is 0.315. The minimum Gasteiger partial charge on any atom is -0.374 e. The van der Waals surface area contributed by atoms with E-state index in [4.69, 9.17) is 9.47 Å². The number of nitrogens with one attached hydrogen (secondary N) is 2. The van der Waals surface area contributed by atoms with Crippen LogP contribution in [0.3, 0.4) is 0 Å². The average molecular weight is 639 g/mol. The Hall–Kier alpha value is -2.34. The molecule has 12 unspecified atom stereocenters. The lowest BCUT2D eigenvalue weighted by atomic mass is 9.67. The zero-order chi connectivity index (χ0) is 31.4. The second kappa shape index (κ2) is 12.9. The highest BCUT2D eigenvalue weighted by Gasteiger charge is 2.61. The maximum atomic E-state index is 16.3. The summed E-state index contributed by atoms with van der Waals surface area (Å²) in [6.45, 7) is 3.02. The van der Waals surface area contributed by atoms with Gasteiger partial charge in [0.2, 0.25) is 0 Å². The molecule has 1 aromatic rings. The number of morpholine rings is 1. The van der Waals surface area contributed by atoms with Gasteiger partial charge in [0.15, 0.2) is 5.78 Å². The minimum atomic E-state index is -1.22. The first kappa shape index (κ1) is 31.0. The number of carbonyl (C=O) groups is 2. The standard InChI is InChI=1S/C35H51FN6O4/c1-40-13-4-6-21(40)9-11-38-31-26(36)16-24-32-34(31)46-30-17-23-22-7-2-3-8-28(22)45-29(23)18-27(30)42(32)19-25(33(24)43)35(44)39-10-5-14-41-15-12-37-20-41/h12,15,19-24,26-32,34,38H,2-11,13-14,16-18H2,1H3,(H,39,44). The van der Waals surface area contributed by atoms with Crippen LogP contribution in [-0.2, 0) is 25.6 Å². The van der Waals surface area contributed by atoms with Crippen molar-refractivity contribution in [2.24, 2.45) is 17.8 Å². The van der Waals surface area contributed by atoms with Crippen molar-refractivity contribution in [3.8, 4) is 0 Å². The Balaban J connectivity index is 1.03. The maximum absolute atomic E-state index is 16.3. The molecule has 7 aliphatic rings. The van der Waals surface area contributed by atoms with Crippen molar-refractivity contribution in [3.63, 3.8) is 0 Å². The van der Waals surface area contributed by atoms with Crippen LogP contribution in [0.1, 0.15) is 70.6 Å². The lowest BCUT2D eigenvalue weighted by molar-refractivity contribution is -0.209. The molecule has 8 rings (SSSR count). The lowest BCUT2D eigenvalue weighted by Crippen LogP contribution is -2.73. The van der Waals surface area contributed by atoms with Crippen LogP contribution in [0.25, 0.3) is 0 Å². The normalized spacial score (nSPS) is 41.7. The minimum absolute atomic E-state index is 0.00578. The summed E-state index contributed by atoms with van der Waals surface area (Å²) in [7, 11) is 2.18. The van der Waals surface area contributed by atoms with Crippen LogP contribution in [0.5, 0.6) is 0 Å². The summed E-state index contributed by atoms with van der Waals surface area (Å²) in [5.74, 6) is -0.177. The summed E-state index contributed by atoms with van der Waals surface area (Å²) in [5, 5.41) is 6.57. The fourth-order valence-electron chi connectivity index (χ4n) is 10.4. The number of aromatic nitrogens is 2. The molecule has 3 saturated heterocycles.